The number of hydrogen-bond acceptors (Lipinski definition) is 7. The molecule has 0 aliphatic carbocycles. The molecule has 2 N–H and O–H groups in total. The van der Waals surface area contributed by atoms with Crippen molar-refractivity contribution in [2.24, 2.45) is 13.0 Å². The van der Waals surface area contributed by atoms with Gasteiger partial charge in [0.05, 0.1) is 41.8 Å². The van der Waals surface area contributed by atoms with Crippen molar-refractivity contribution in [1.29, 1.82) is 0 Å². The first-order chi connectivity index (χ1) is 24.1. The van der Waals surface area contributed by atoms with Gasteiger partial charge < -0.3 is 29.7 Å². The van der Waals surface area contributed by atoms with Crippen LogP contribution in [0.4, 0.5) is 5.69 Å². The Morgan fingerprint density at radius 1 is 0.940 bits per heavy atom. The number of halogens is 2. The fraction of sp³-hybridized carbons (Fsp3) is 0.417. The number of rotatable bonds is 9. The highest BCUT2D eigenvalue weighted by Gasteiger charge is 2.30. The fourth-order valence-corrected chi connectivity index (χ4v) is 7.26. The molecule has 0 radical (unpaired) electrons. The van der Waals surface area contributed by atoms with E-state index in [0.717, 1.165) is 59.6 Å². The molecule has 2 aromatic heterocycles. The lowest BCUT2D eigenvalue weighted by atomic mass is 9.96. The number of aromatic nitrogens is 4. The SMILES string of the molecule is COCCn1ncc(-c2cc(C)c(-c3cnc(C(=O)Nc4ccc(C(=O)N5CCN(C(=O)C6CCNCC6)CC5)c(Cl)c4)n3C)cc2Cl)c1C. The molecule has 2 aromatic carbocycles. The van der Waals surface area contributed by atoms with E-state index in [1.165, 1.54) is 0 Å². The summed E-state index contributed by atoms with van der Waals surface area (Å²) in [6, 6.07) is 8.75. The average Bonchev–Trinajstić information content (AvgIpc) is 3.69. The number of anilines is 1. The molecular weight excluding hydrogens is 679 g/mol. The maximum absolute atomic E-state index is 13.4. The first-order valence-corrected chi connectivity index (χ1v) is 17.6. The van der Waals surface area contributed by atoms with Crippen LogP contribution in [0.5, 0.6) is 0 Å². The number of nitrogens with zero attached hydrogens (tertiary/aromatic N) is 6. The summed E-state index contributed by atoms with van der Waals surface area (Å²) in [7, 11) is 3.44. The Hall–Kier alpha value is -4.23. The number of carbonyl (C=O) groups excluding carboxylic acids is 3. The van der Waals surface area contributed by atoms with Crippen molar-refractivity contribution in [3.8, 4) is 22.4 Å². The van der Waals surface area contributed by atoms with Gasteiger partial charge in [0.15, 0.2) is 5.82 Å². The number of aryl methyl sites for hydroxylation is 1. The van der Waals surface area contributed by atoms with Crippen molar-refractivity contribution < 1.29 is 19.1 Å². The van der Waals surface area contributed by atoms with Gasteiger partial charge in [0.25, 0.3) is 11.8 Å². The number of benzene rings is 2. The van der Waals surface area contributed by atoms with Gasteiger partial charge in [0.2, 0.25) is 5.91 Å². The fourth-order valence-electron chi connectivity index (χ4n) is 6.73. The normalized spacial score (nSPS) is 15.4. The summed E-state index contributed by atoms with van der Waals surface area (Å²) < 4.78 is 8.81. The van der Waals surface area contributed by atoms with Crippen molar-refractivity contribution in [2.75, 3.05) is 58.3 Å². The number of hydrogen-bond donors (Lipinski definition) is 2. The van der Waals surface area contributed by atoms with Gasteiger partial charge >= 0.3 is 0 Å². The van der Waals surface area contributed by atoms with Crippen LogP contribution in [0.15, 0.2) is 42.7 Å². The maximum Gasteiger partial charge on any atom is 0.291 e. The van der Waals surface area contributed by atoms with Crippen LogP contribution >= 0.6 is 23.2 Å². The van der Waals surface area contributed by atoms with Crippen LogP contribution in [0.3, 0.4) is 0 Å². The number of amides is 3. The molecule has 2 saturated heterocycles. The van der Waals surface area contributed by atoms with E-state index in [-0.39, 0.29) is 28.6 Å². The predicted octanol–water partition coefficient (Wildman–Crippen LogP) is 5.06. The predicted molar refractivity (Wildman–Crippen MR) is 194 cm³/mol. The highest BCUT2D eigenvalue weighted by molar-refractivity contribution is 6.34. The molecule has 0 saturated carbocycles. The Labute approximate surface area is 301 Å². The highest BCUT2D eigenvalue weighted by atomic mass is 35.5. The molecule has 12 nitrogen and oxygen atoms in total. The molecule has 2 aliphatic heterocycles. The molecule has 2 aliphatic rings. The molecule has 4 aromatic rings. The monoisotopic (exact) mass is 720 g/mol. The number of carbonyl (C=O) groups is 3. The van der Waals surface area contributed by atoms with Gasteiger partial charge in [-0.05, 0) is 75.7 Å². The average molecular weight is 722 g/mol. The van der Waals surface area contributed by atoms with Crippen LogP contribution in [0.25, 0.3) is 22.4 Å². The van der Waals surface area contributed by atoms with Crippen LogP contribution in [-0.4, -0.2) is 99.8 Å². The van der Waals surface area contributed by atoms with Crippen LogP contribution in [0, 0.1) is 19.8 Å². The number of imidazole rings is 1. The molecule has 0 unspecified atom stereocenters. The third kappa shape index (κ3) is 7.29. The quantitative estimate of drug-likeness (QED) is 0.248. The van der Waals surface area contributed by atoms with Crippen molar-refractivity contribution in [3.63, 3.8) is 0 Å². The second-order valence-corrected chi connectivity index (χ2v) is 13.6. The van der Waals surface area contributed by atoms with Gasteiger partial charge in [0, 0.05) is 79.3 Å². The van der Waals surface area contributed by atoms with Gasteiger partial charge in [-0.15, -0.1) is 0 Å². The van der Waals surface area contributed by atoms with E-state index in [0.29, 0.717) is 55.6 Å². The summed E-state index contributed by atoms with van der Waals surface area (Å²) in [6.07, 6.45) is 5.17. The van der Waals surface area contributed by atoms with Crippen LogP contribution in [0.2, 0.25) is 10.0 Å². The molecule has 2 fully saturated rings. The van der Waals surface area contributed by atoms with Crippen LogP contribution in [-0.2, 0) is 23.1 Å². The molecule has 0 bridgehead atoms. The van der Waals surface area contributed by atoms with Gasteiger partial charge in [-0.2, -0.15) is 5.10 Å². The molecule has 0 atom stereocenters. The van der Waals surface area contributed by atoms with Gasteiger partial charge in [-0.3, -0.25) is 19.1 Å². The Bertz CT molecular complexity index is 1910. The zero-order valence-electron chi connectivity index (χ0n) is 28.8. The molecule has 14 heteroatoms. The lowest BCUT2D eigenvalue weighted by molar-refractivity contribution is -0.137. The molecule has 6 rings (SSSR count). The van der Waals surface area contributed by atoms with Crippen molar-refractivity contribution in [2.45, 2.75) is 33.2 Å². The van der Waals surface area contributed by atoms with Crippen molar-refractivity contribution >= 4 is 46.6 Å². The summed E-state index contributed by atoms with van der Waals surface area (Å²) in [5.41, 5.74) is 6.12. The molecule has 264 valence electrons. The van der Waals surface area contributed by atoms with Crippen molar-refractivity contribution in [3.05, 3.63) is 75.4 Å². The molecular formula is C36H42Cl2N8O4. The van der Waals surface area contributed by atoms with E-state index in [4.69, 9.17) is 27.9 Å². The van der Waals surface area contributed by atoms with E-state index in [1.807, 2.05) is 41.8 Å². The molecule has 3 amide bonds. The zero-order valence-corrected chi connectivity index (χ0v) is 30.3. The number of ether oxygens (including phenoxy) is 1. The van der Waals surface area contributed by atoms with Crippen molar-refractivity contribution in [1.82, 2.24) is 34.4 Å². The first kappa shape index (κ1) is 35.6. The lowest BCUT2D eigenvalue weighted by Crippen LogP contribution is -2.52. The smallest absolute Gasteiger partial charge is 0.291 e. The van der Waals surface area contributed by atoms with Gasteiger partial charge in [-0.1, -0.05) is 23.2 Å². The molecule has 50 heavy (non-hydrogen) atoms. The third-order valence-electron chi connectivity index (χ3n) is 9.71. The summed E-state index contributed by atoms with van der Waals surface area (Å²) in [5, 5.41) is 11.4. The second kappa shape index (κ2) is 15.3. The largest absolute Gasteiger partial charge is 0.383 e. The lowest BCUT2D eigenvalue weighted by Gasteiger charge is -2.37. The highest BCUT2D eigenvalue weighted by Crippen LogP contribution is 2.36. The number of nitrogens with one attached hydrogen (secondary N) is 2. The van der Waals surface area contributed by atoms with Crippen LogP contribution < -0.4 is 10.6 Å². The summed E-state index contributed by atoms with van der Waals surface area (Å²) in [4.78, 5) is 47.7. The van der Waals surface area contributed by atoms with E-state index < -0.39 is 5.91 Å². The standard InChI is InChI=1S/C36H42Cl2N8O4/c1-22-17-28(29-20-41-46(23(29)2)15-16-50-4)31(38)19-27(22)32-21-40-33(43(32)3)34(47)42-25-5-6-26(30(37)18-25)36(49)45-13-11-44(12-14-45)35(48)24-7-9-39-10-8-24/h5-6,17-21,24,39H,7-16H2,1-4H3,(H,42,47). The zero-order chi connectivity index (χ0) is 35.5. The van der Waals surface area contributed by atoms with E-state index in [1.54, 1.807) is 48.0 Å². The number of methoxy groups -OCH3 is 1. The Morgan fingerprint density at radius 2 is 1.66 bits per heavy atom. The van der Waals surface area contributed by atoms with Gasteiger partial charge in [0.1, 0.15) is 0 Å². The Morgan fingerprint density at radius 3 is 2.36 bits per heavy atom. The number of piperazine rings is 1. The number of piperidine rings is 1. The van der Waals surface area contributed by atoms with Gasteiger partial charge in [-0.25, -0.2) is 4.98 Å². The summed E-state index contributed by atoms with van der Waals surface area (Å²) >= 11 is 13.4. The minimum Gasteiger partial charge on any atom is -0.383 e. The van der Waals surface area contributed by atoms with E-state index in [9.17, 15) is 14.4 Å². The first-order valence-electron chi connectivity index (χ1n) is 16.8. The summed E-state index contributed by atoms with van der Waals surface area (Å²) in [5.74, 6) is -0.195. The van der Waals surface area contributed by atoms with Crippen LogP contribution in [0.1, 0.15) is 45.1 Å². The minimum atomic E-state index is -0.428. The molecule has 0 spiro atoms. The Kier molecular flexibility index (Phi) is 10.9. The third-order valence-corrected chi connectivity index (χ3v) is 10.3. The Balaban J connectivity index is 1.10. The maximum atomic E-state index is 13.4. The second-order valence-electron chi connectivity index (χ2n) is 12.8. The topological polar surface area (TPSA) is 127 Å². The molecule has 4 heterocycles. The van der Waals surface area contributed by atoms with E-state index >= 15 is 0 Å². The van der Waals surface area contributed by atoms with E-state index in [2.05, 4.69) is 20.7 Å². The summed E-state index contributed by atoms with van der Waals surface area (Å²) in [6.45, 7) is 8.82. The minimum absolute atomic E-state index is 0.0562.